The number of benzene rings is 4. The van der Waals surface area contributed by atoms with Crippen LogP contribution in [0, 0.1) is 0 Å². The normalized spacial score (nSPS) is 10.2. The zero-order valence-electron chi connectivity index (χ0n) is 18.2. The Bertz CT molecular complexity index is 799. The van der Waals surface area contributed by atoms with Gasteiger partial charge in [-0.15, -0.1) is 0 Å². The van der Waals surface area contributed by atoms with E-state index in [-0.39, 0.29) is 32.3 Å². The second-order valence-electron chi connectivity index (χ2n) is 6.83. The molecule has 0 bridgehead atoms. The second kappa shape index (κ2) is 14.3. The maximum Gasteiger partial charge on any atom is 0 e. The van der Waals surface area contributed by atoms with Crippen molar-refractivity contribution in [3.8, 4) is 0 Å². The van der Waals surface area contributed by atoms with Gasteiger partial charge in [-0.2, -0.15) is 0 Å². The molecule has 31 heavy (non-hydrogen) atoms. The third-order valence-corrected chi connectivity index (χ3v) is 9.85. The largest absolute Gasteiger partial charge is 0.0622 e. The number of hydrogen-bond acceptors (Lipinski definition) is 0. The predicted molar refractivity (Wildman–Crippen MR) is 139 cm³/mol. The molecule has 0 saturated heterocycles. The molecule has 3 heteroatoms. The fourth-order valence-electron chi connectivity index (χ4n) is 3.46. The molecule has 0 fully saturated rings. The van der Waals surface area contributed by atoms with Crippen molar-refractivity contribution in [2.24, 2.45) is 0 Å². The van der Waals surface area contributed by atoms with Gasteiger partial charge in [0.05, 0.1) is 0 Å². The van der Waals surface area contributed by atoms with Crippen LogP contribution < -0.4 is 21.2 Å². The first-order valence-corrected chi connectivity index (χ1v) is 13.6. The van der Waals surface area contributed by atoms with E-state index in [2.05, 4.69) is 135 Å². The molecular weight excluding hydrogens is 457 g/mol. The zero-order valence-corrected chi connectivity index (χ0v) is 20.9. The van der Waals surface area contributed by atoms with Crippen LogP contribution in [0.1, 0.15) is 13.8 Å². The maximum atomic E-state index is 2.27. The maximum absolute atomic E-state index is 2.27. The average molecular weight is 487 g/mol. The summed E-state index contributed by atoms with van der Waals surface area (Å²) in [5, 5.41) is 5.89. The van der Waals surface area contributed by atoms with Crippen molar-refractivity contribution >= 4 is 37.1 Å². The first kappa shape index (κ1) is 25.5. The predicted octanol–water partition coefficient (Wildman–Crippen LogP) is 6.28. The SMILES string of the molecule is CCP(c1ccccc1)c1ccccc1.CCP(c1ccccc1)c1ccccc1.[Ni]. The molecule has 0 aromatic heterocycles. The summed E-state index contributed by atoms with van der Waals surface area (Å²) >= 11 is 0. The molecule has 0 nitrogen and oxygen atoms in total. The third-order valence-electron chi connectivity index (χ3n) is 4.90. The summed E-state index contributed by atoms with van der Waals surface area (Å²) in [4.78, 5) is 0. The summed E-state index contributed by atoms with van der Waals surface area (Å²) in [6.45, 7) is 4.54. The van der Waals surface area contributed by atoms with Crippen LogP contribution >= 0.6 is 15.8 Å². The molecular formula is C28H30NiP2. The molecule has 0 spiro atoms. The minimum atomic E-state index is -0.149. The quantitative estimate of drug-likeness (QED) is 0.222. The van der Waals surface area contributed by atoms with E-state index in [9.17, 15) is 0 Å². The van der Waals surface area contributed by atoms with Crippen molar-refractivity contribution in [3.63, 3.8) is 0 Å². The van der Waals surface area contributed by atoms with Crippen molar-refractivity contribution < 1.29 is 16.5 Å². The Kier molecular flexibility index (Phi) is 11.8. The van der Waals surface area contributed by atoms with Crippen molar-refractivity contribution in [2.75, 3.05) is 12.3 Å². The minimum absolute atomic E-state index is 0. The Morgan fingerprint density at radius 1 is 0.387 bits per heavy atom. The molecule has 4 aromatic carbocycles. The summed E-state index contributed by atoms with van der Waals surface area (Å²) < 4.78 is 0. The van der Waals surface area contributed by atoms with Gasteiger partial charge in [-0.1, -0.05) is 135 Å². The van der Waals surface area contributed by atoms with Crippen LogP contribution in [0.4, 0.5) is 0 Å². The molecule has 0 heterocycles. The topological polar surface area (TPSA) is 0 Å². The molecule has 0 N–H and O–H groups in total. The number of rotatable bonds is 6. The fraction of sp³-hybridized carbons (Fsp3) is 0.143. The average Bonchev–Trinajstić information content (AvgIpc) is 2.83. The van der Waals surface area contributed by atoms with Crippen molar-refractivity contribution in [1.29, 1.82) is 0 Å². The molecule has 0 aliphatic carbocycles. The van der Waals surface area contributed by atoms with E-state index >= 15 is 0 Å². The number of hydrogen-bond donors (Lipinski definition) is 0. The van der Waals surface area contributed by atoms with E-state index in [1.807, 2.05) is 0 Å². The minimum Gasteiger partial charge on any atom is -0.0622 e. The molecule has 0 aliphatic rings. The van der Waals surface area contributed by atoms with Gasteiger partial charge in [0.25, 0.3) is 0 Å². The van der Waals surface area contributed by atoms with Gasteiger partial charge in [-0.3, -0.25) is 0 Å². The second-order valence-corrected chi connectivity index (χ2v) is 11.9. The zero-order chi connectivity index (χ0) is 21.0. The van der Waals surface area contributed by atoms with E-state index in [4.69, 9.17) is 0 Å². The third kappa shape index (κ3) is 7.70. The Labute approximate surface area is 200 Å². The summed E-state index contributed by atoms with van der Waals surface area (Å²) in [5.41, 5.74) is 0. The van der Waals surface area contributed by atoms with Crippen molar-refractivity contribution in [3.05, 3.63) is 121 Å². The van der Waals surface area contributed by atoms with Gasteiger partial charge in [0.1, 0.15) is 0 Å². The van der Waals surface area contributed by atoms with Crippen LogP contribution in [0.3, 0.4) is 0 Å². The first-order chi connectivity index (χ1) is 14.8. The van der Waals surface area contributed by atoms with Gasteiger partial charge in [0, 0.05) is 16.5 Å². The van der Waals surface area contributed by atoms with Gasteiger partial charge in [0.2, 0.25) is 0 Å². The first-order valence-electron chi connectivity index (χ1n) is 10.6. The Morgan fingerprint density at radius 2 is 0.581 bits per heavy atom. The van der Waals surface area contributed by atoms with Crippen molar-refractivity contribution in [1.82, 2.24) is 0 Å². The van der Waals surface area contributed by atoms with Gasteiger partial charge in [-0.05, 0) is 49.4 Å². The van der Waals surface area contributed by atoms with Crippen LogP contribution in [0.15, 0.2) is 121 Å². The van der Waals surface area contributed by atoms with Gasteiger partial charge in [-0.25, -0.2) is 0 Å². The monoisotopic (exact) mass is 486 g/mol. The van der Waals surface area contributed by atoms with Crippen LogP contribution in [0.25, 0.3) is 0 Å². The standard InChI is InChI=1S/2C14H15P.Ni/c2*1-2-15(13-9-5-3-6-10-13)14-11-7-4-8-12-14;/h2*3-12H,2H2,1H3;. The Morgan fingerprint density at radius 3 is 0.742 bits per heavy atom. The van der Waals surface area contributed by atoms with Gasteiger partial charge >= 0.3 is 0 Å². The van der Waals surface area contributed by atoms with Crippen LogP contribution in [-0.2, 0) is 16.5 Å². The summed E-state index contributed by atoms with van der Waals surface area (Å²) in [5.74, 6) is 0. The Hall–Kier alpha value is -1.77. The molecule has 0 amide bonds. The molecule has 4 aromatic rings. The molecule has 0 saturated carbocycles. The molecule has 4 rings (SSSR count). The van der Waals surface area contributed by atoms with E-state index in [0.717, 1.165) is 0 Å². The van der Waals surface area contributed by atoms with E-state index in [1.54, 1.807) is 0 Å². The molecule has 0 unspecified atom stereocenters. The van der Waals surface area contributed by atoms with Crippen LogP contribution in [0.2, 0.25) is 0 Å². The molecule has 0 atom stereocenters. The van der Waals surface area contributed by atoms with E-state index < -0.39 is 0 Å². The van der Waals surface area contributed by atoms with E-state index in [1.165, 1.54) is 33.5 Å². The summed E-state index contributed by atoms with van der Waals surface area (Å²) in [6.07, 6.45) is 2.42. The van der Waals surface area contributed by atoms with Crippen molar-refractivity contribution in [2.45, 2.75) is 13.8 Å². The summed E-state index contributed by atoms with van der Waals surface area (Å²) in [7, 11) is -0.297. The molecule has 0 radical (unpaired) electrons. The summed E-state index contributed by atoms with van der Waals surface area (Å²) in [6, 6.07) is 43.3. The van der Waals surface area contributed by atoms with E-state index in [0.29, 0.717) is 0 Å². The van der Waals surface area contributed by atoms with Crippen LogP contribution in [0.5, 0.6) is 0 Å². The fourth-order valence-corrected chi connectivity index (χ4v) is 7.65. The molecule has 0 aliphatic heterocycles. The molecule has 162 valence electrons. The van der Waals surface area contributed by atoms with Gasteiger partial charge in [0.15, 0.2) is 0 Å². The van der Waals surface area contributed by atoms with Crippen LogP contribution in [-0.4, -0.2) is 12.3 Å². The Balaban J connectivity index is 0.000000213. The van der Waals surface area contributed by atoms with Gasteiger partial charge < -0.3 is 0 Å². The smallest absolute Gasteiger partial charge is 0 e.